The Morgan fingerprint density at radius 1 is 1.26 bits per heavy atom. The third-order valence-corrected chi connectivity index (χ3v) is 3.85. The van der Waals surface area contributed by atoms with Crippen LogP contribution in [0.4, 0.5) is 4.39 Å². The molecule has 0 saturated heterocycles. The number of benzene rings is 1. The van der Waals surface area contributed by atoms with E-state index in [1.807, 2.05) is 17.5 Å². The van der Waals surface area contributed by atoms with Gasteiger partial charge in [0.1, 0.15) is 5.82 Å². The minimum absolute atomic E-state index is 0.125. The molecule has 0 unspecified atom stereocenters. The first-order valence-electron chi connectivity index (χ1n) is 5.79. The summed E-state index contributed by atoms with van der Waals surface area (Å²) in [4.78, 5) is 16.6. The second kappa shape index (κ2) is 4.55. The topological polar surface area (TPSA) is 30.0 Å². The number of rotatable bonds is 2. The number of pyridine rings is 1. The largest absolute Gasteiger partial charge is 0.289 e. The van der Waals surface area contributed by atoms with Crippen LogP contribution in [0.1, 0.15) is 21.5 Å². The Kier molecular flexibility index (Phi) is 2.87. The number of nitrogens with zero attached hydrogens (tertiary/aromatic N) is 1. The van der Waals surface area contributed by atoms with Crippen molar-refractivity contribution >= 4 is 27.3 Å². The Labute approximate surface area is 113 Å². The molecule has 4 heteroatoms. The van der Waals surface area contributed by atoms with E-state index in [9.17, 15) is 9.18 Å². The van der Waals surface area contributed by atoms with Gasteiger partial charge in [0.2, 0.25) is 0 Å². The molecule has 0 N–H and O–H groups in total. The number of ketones is 1. The van der Waals surface area contributed by atoms with E-state index < -0.39 is 0 Å². The van der Waals surface area contributed by atoms with Gasteiger partial charge in [-0.15, -0.1) is 11.3 Å². The quantitative estimate of drug-likeness (QED) is 0.660. The van der Waals surface area contributed by atoms with Crippen LogP contribution in [-0.2, 0) is 0 Å². The first-order chi connectivity index (χ1) is 9.15. The Morgan fingerprint density at radius 2 is 2.11 bits per heavy atom. The predicted molar refractivity (Wildman–Crippen MR) is 74.2 cm³/mol. The van der Waals surface area contributed by atoms with Crippen LogP contribution in [0.15, 0.2) is 41.9 Å². The Morgan fingerprint density at radius 3 is 2.89 bits per heavy atom. The van der Waals surface area contributed by atoms with Gasteiger partial charge in [-0.05, 0) is 48.2 Å². The molecular weight excluding hydrogens is 261 g/mol. The van der Waals surface area contributed by atoms with Crippen LogP contribution in [0.25, 0.3) is 10.2 Å². The third kappa shape index (κ3) is 2.15. The van der Waals surface area contributed by atoms with Crippen molar-refractivity contribution in [1.29, 1.82) is 0 Å². The summed E-state index contributed by atoms with van der Waals surface area (Å²) < 4.78 is 14.0. The van der Waals surface area contributed by atoms with E-state index in [2.05, 4.69) is 4.98 Å². The lowest BCUT2D eigenvalue weighted by atomic mass is 10.00. The summed E-state index contributed by atoms with van der Waals surface area (Å²) in [5.41, 5.74) is 2.57. The Bertz CT molecular complexity index is 779. The normalized spacial score (nSPS) is 10.8. The number of fused-ring (bicyclic) bond motifs is 1. The van der Waals surface area contributed by atoms with Crippen molar-refractivity contribution < 1.29 is 9.18 Å². The van der Waals surface area contributed by atoms with Crippen molar-refractivity contribution in [3.8, 4) is 0 Å². The fraction of sp³-hybridized carbons (Fsp3) is 0.0667. The second-order valence-electron chi connectivity index (χ2n) is 4.32. The standard InChI is InChI=1S/C15H10FNOS/c1-9-6-11(16)2-3-12(9)15(18)10-7-14-13(17-8-10)4-5-19-14/h2-8H,1H3. The minimum atomic E-state index is -0.333. The molecule has 0 aliphatic carbocycles. The molecule has 0 aliphatic rings. The van der Waals surface area contributed by atoms with Crippen molar-refractivity contribution in [1.82, 2.24) is 4.98 Å². The van der Waals surface area contributed by atoms with Crippen molar-refractivity contribution in [2.75, 3.05) is 0 Å². The van der Waals surface area contributed by atoms with Gasteiger partial charge in [0.15, 0.2) is 5.78 Å². The molecule has 2 nitrogen and oxygen atoms in total. The van der Waals surface area contributed by atoms with Crippen LogP contribution in [0.2, 0.25) is 0 Å². The first-order valence-corrected chi connectivity index (χ1v) is 6.67. The van der Waals surface area contributed by atoms with E-state index in [0.29, 0.717) is 16.7 Å². The average Bonchev–Trinajstić information content (AvgIpc) is 2.85. The molecule has 0 fully saturated rings. The SMILES string of the molecule is Cc1cc(F)ccc1C(=O)c1cnc2ccsc2c1. The van der Waals surface area contributed by atoms with Gasteiger partial charge in [0.05, 0.1) is 10.2 Å². The number of aryl methyl sites for hydroxylation is 1. The van der Waals surface area contributed by atoms with Crippen molar-refractivity contribution in [2.45, 2.75) is 6.92 Å². The fourth-order valence-corrected chi connectivity index (χ4v) is 2.79. The molecule has 2 heterocycles. The molecule has 0 bridgehead atoms. The zero-order chi connectivity index (χ0) is 13.4. The lowest BCUT2D eigenvalue weighted by Gasteiger charge is -2.05. The summed E-state index contributed by atoms with van der Waals surface area (Å²) in [6.45, 7) is 1.73. The molecule has 0 atom stereocenters. The number of halogens is 1. The molecule has 0 aliphatic heterocycles. The molecule has 0 amide bonds. The molecule has 0 radical (unpaired) electrons. The van der Waals surface area contributed by atoms with Crippen molar-refractivity contribution in [2.24, 2.45) is 0 Å². The lowest BCUT2D eigenvalue weighted by Crippen LogP contribution is -2.04. The summed E-state index contributed by atoms with van der Waals surface area (Å²) in [5, 5.41) is 1.94. The number of hydrogen-bond donors (Lipinski definition) is 0. The summed E-state index contributed by atoms with van der Waals surface area (Å²) in [6, 6.07) is 7.93. The highest BCUT2D eigenvalue weighted by molar-refractivity contribution is 7.17. The van der Waals surface area contributed by atoms with Gasteiger partial charge in [-0.25, -0.2) is 4.39 Å². The average molecular weight is 271 g/mol. The first kappa shape index (κ1) is 12.0. The summed E-state index contributed by atoms with van der Waals surface area (Å²) in [5.74, 6) is -0.457. The molecule has 0 saturated carbocycles. The van der Waals surface area contributed by atoms with Gasteiger partial charge in [-0.1, -0.05) is 0 Å². The van der Waals surface area contributed by atoms with E-state index in [0.717, 1.165) is 10.2 Å². The van der Waals surface area contributed by atoms with Crippen LogP contribution in [0, 0.1) is 12.7 Å². The molecule has 94 valence electrons. The lowest BCUT2D eigenvalue weighted by molar-refractivity contribution is 0.103. The number of hydrogen-bond acceptors (Lipinski definition) is 3. The van der Waals surface area contributed by atoms with E-state index in [-0.39, 0.29) is 11.6 Å². The highest BCUT2D eigenvalue weighted by atomic mass is 32.1. The van der Waals surface area contributed by atoms with E-state index in [4.69, 9.17) is 0 Å². The van der Waals surface area contributed by atoms with Crippen LogP contribution in [-0.4, -0.2) is 10.8 Å². The zero-order valence-corrected chi connectivity index (χ0v) is 11.0. The zero-order valence-electron chi connectivity index (χ0n) is 10.2. The maximum Gasteiger partial charge on any atom is 0.194 e. The van der Waals surface area contributed by atoms with Gasteiger partial charge in [-0.3, -0.25) is 9.78 Å². The van der Waals surface area contributed by atoms with Gasteiger partial charge in [0, 0.05) is 17.3 Å². The number of aromatic nitrogens is 1. The highest BCUT2D eigenvalue weighted by Crippen LogP contribution is 2.22. The molecular formula is C15H10FNOS. The van der Waals surface area contributed by atoms with Gasteiger partial charge in [0.25, 0.3) is 0 Å². The summed E-state index contributed by atoms with van der Waals surface area (Å²) in [6.07, 6.45) is 1.57. The number of thiophene rings is 1. The van der Waals surface area contributed by atoms with Gasteiger partial charge in [-0.2, -0.15) is 0 Å². The summed E-state index contributed by atoms with van der Waals surface area (Å²) in [7, 11) is 0. The fourth-order valence-electron chi connectivity index (χ4n) is 2.01. The molecule has 3 rings (SSSR count). The second-order valence-corrected chi connectivity index (χ2v) is 5.26. The monoisotopic (exact) mass is 271 g/mol. The van der Waals surface area contributed by atoms with Crippen LogP contribution >= 0.6 is 11.3 Å². The minimum Gasteiger partial charge on any atom is -0.289 e. The molecule has 0 spiro atoms. The van der Waals surface area contributed by atoms with Crippen LogP contribution in [0.3, 0.4) is 0 Å². The number of carbonyl (C=O) groups is 1. The highest BCUT2D eigenvalue weighted by Gasteiger charge is 2.13. The maximum absolute atomic E-state index is 13.1. The molecule has 1 aromatic carbocycles. The smallest absolute Gasteiger partial charge is 0.194 e. The predicted octanol–water partition coefficient (Wildman–Crippen LogP) is 3.97. The van der Waals surface area contributed by atoms with Crippen LogP contribution < -0.4 is 0 Å². The van der Waals surface area contributed by atoms with Crippen molar-refractivity contribution in [3.05, 3.63) is 64.4 Å². The summed E-state index contributed by atoms with van der Waals surface area (Å²) >= 11 is 1.55. The van der Waals surface area contributed by atoms with E-state index in [1.54, 1.807) is 24.5 Å². The van der Waals surface area contributed by atoms with Crippen molar-refractivity contribution in [3.63, 3.8) is 0 Å². The maximum atomic E-state index is 13.1. The number of carbonyl (C=O) groups excluding carboxylic acids is 1. The third-order valence-electron chi connectivity index (χ3n) is 3.00. The van der Waals surface area contributed by atoms with Gasteiger partial charge < -0.3 is 0 Å². The Hall–Kier alpha value is -2.07. The van der Waals surface area contributed by atoms with E-state index >= 15 is 0 Å². The molecule has 2 aromatic heterocycles. The van der Waals surface area contributed by atoms with Gasteiger partial charge >= 0.3 is 0 Å². The molecule has 19 heavy (non-hydrogen) atoms. The van der Waals surface area contributed by atoms with Crippen LogP contribution in [0.5, 0.6) is 0 Å². The molecule has 3 aromatic rings. The Balaban J connectivity index is 2.07. The van der Waals surface area contributed by atoms with E-state index in [1.165, 1.54) is 18.2 Å².